The van der Waals surface area contributed by atoms with E-state index in [0.29, 0.717) is 31.9 Å². The van der Waals surface area contributed by atoms with Crippen molar-refractivity contribution >= 4 is 17.6 Å². The van der Waals surface area contributed by atoms with Crippen LogP contribution in [0.15, 0.2) is 0 Å². The molecule has 0 amide bonds. The van der Waals surface area contributed by atoms with Gasteiger partial charge in [-0.3, -0.25) is 4.79 Å². The number of anilines is 2. The summed E-state index contributed by atoms with van der Waals surface area (Å²) in [5.41, 5.74) is 6.37. The van der Waals surface area contributed by atoms with E-state index >= 15 is 0 Å². The molecule has 1 aromatic heterocycles. The van der Waals surface area contributed by atoms with Gasteiger partial charge in [-0.05, 0) is 19.8 Å². The SMILES string of the molecule is CCOC(=O)C1CCCN(c2nc(N)c(C#N)c(CC#N)c2C#N)C1. The average molecular weight is 338 g/mol. The lowest BCUT2D eigenvalue weighted by Gasteiger charge is -2.33. The summed E-state index contributed by atoms with van der Waals surface area (Å²) in [5.74, 6) is -0.277. The molecule has 8 nitrogen and oxygen atoms in total. The summed E-state index contributed by atoms with van der Waals surface area (Å²) < 4.78 is 5.08. The van der Waals surface area contributed by atoms with Gasteiger partial charge in [-0.25, -0.2) is 4.98 Å². The molecule has 2 rings (SSSR count). The van der Waals surface area contributed by atoms with Crippen molar-refractivity contribution in [1.29, 1.82) is 15.8 Å². The van der Waals surface area contributed by atoms with Gasteiger partial charge in [-0.2, -0.15) is 15.8 Å². The van der Waals surface area contributed by atoms with Gasteiger partial charge in [0.25, 0.3) is 0 Å². The van der Waals surface area contributed by atoms with Crippen molar-refractivity contribution < 1.29 is 9.53 Å². The van der Waals surface area contributed by atoms with Crippen LogP contribution in [0.5, 0.6) is 0 Å². The number of pyridine rings is 1. The van der Waals surface area contributed by atoms with Crippen molar-refractivity contribution in [3.8, 4) is 18.2 Å². The first-order valence-electron chi connectivity index (χ1n) is 7.98. The number of hydrogen-bond donors (Lipinski definition) is 1. The monoisotopic (exact) mass is 338 g/mol. The molecular weight excluding hydrogens is 320 g/mol. The summed E-state index contributed by atoms with van der Waals surface area (Å²) in [4.78, 5) is 18.0. The Hall–Kier alpha value is -3.31. The van der Waals surface area contributed by atoms with E-state index in [1.807, 2.05) is 23.1 Å². The zero-order chi connectivity index (χ0) is 18.4. The first kappa shape index (κ1) is 18.0. The minimum atomic E-state index is -0.307. The molecule has 1 aliphatic rings. The van der Waals surface area contributed by atoms with Crippen LogP contribution in [-0.4, -0.2) is 30.6 Å². The molecular formula is C17H18N6O2. The van der Waals surface area contributed by atoms with Crippen LogP contribution in [0.2, 0.25) is 0 Å². The quantitative estimate of drug-likeness (QED) is 0.809. The third kappa shape index (κ3) is 3.62. The second-order valence-electron chi connectivity index (χ2n) is 5.64. The lowest BCUT2D eigenvalue weighted by Crippen LogP contribution is -2.40. The fourth-order valence-electron chi connectivity index (χ4n) is 2.99. The van der Waals surface area contributed by atoms with Crippen LogP contribution in [0.4, 0.5) is 11.6 Å². The molecule has 1 aromatic rings. The molecule has 0 bridgehead atoms. The third-order valence-corrected chi connectivity index (χ3v) is 4.13. The van der Waals surface area contributed by atoms with E-state index in [-0.39, 0.29) is 40.8 Å². The number of aromatic nitrogens is 1. The Morgan fingerprint density at radius 3 is 2.68 bits per heavy atom. The van der Waals surface area contributed by atoms with Crippen molar-refractivity contribution in [2.45, 2.75) is 26.2 Å². The van der Waals surface area contributed by atoms with Gasteiger partial charge in [0.2, 0.25) is 0 Å². The second-order valence-corrected chi connectivity index (χ2v) is 5.64. The smallest absolute Gasteiger partial charge is 0.310 e. The molecule has 1 unspecified atom stereocenters. The first-order valence-corrected chi connectivity index (χ1v) is 7.98. The fourth-order valence-corrected chi connectivity index (χ4v) is 2.99. The highest BCUT2D eigenvalue weighted by molar-refractivity contribution is 5.74. The normalized spacial score (nSPS) is 16.4. The number of rotatable bonds is 4. The second kappa shape index (κ2) is 7.99. The fraction of sp³-hybridized carbons (Fsp3) is 0.471. The van der Waals surface area contributed by atoms with Crippen molar-refractivity contribution in [3.63, 3.8) is 0 Å². The largest absolute Gasteiger partial charge is 0.466 e. The Balaban J connectivity index is 2.45. The van der Waals surface area contributed by atoms with Gasteiger partial charge in [0.1, 0.15) is 29.3 Å². The maximum absolute atomic E-state index is 12.0. The number of carbonyl (C=O) groups is 1. The van der Waals surface area contributed by atoms with Crippen LogP contribution < -0.4 is 10.6 Å². The number of ether oxygens (including phenoxy) is 1. The molecule has 2 N–H and O–H groups in total. The van der Waals surface area contributed by atoms with E-state index in [0.717, 1.165) is 6.42 Å². The predicted molar refractivity (Wildman–Crippen MR) is 89.0 cm³/mol. The van der Waals surface area contributed by atoms with Crippen LogP contribution in [0, 0.1) is 39.9 Å². The Morgan fingerprint density at radius 2 is 2.08 bits per heavy atom. The van der Waals surface area contributed by atoms with Gasteiger partial charge in [-0.1, -0.05) is 0 Å². The molecule has 128 valence electrons. The number of nitrogens with zero attached hydrogens (tertiary/aromatic N) is 5. The summed E-state index contributed by atoms with van der Waals surface area (Å²) >= 11 is 0. The molecule has 0 aromatic carbocycles. The van der Waals surface area contributed by atoms with Crippen LogP contribution in [0.25, 0.3) is 0 Å². The van der Waals surface area contributed by atoms with Crippen molar-refractivity contribution in [2.24, 2.45) is 5.92 Å². The number of nitrogens with two attached hydrogens (primary N) is 1. The van der Waals surface area contributed by atoms with Crippen LogP contribution in [0.3, 0.4) is 0 Å². The van der Waals surface area contributed by atoms with Crippen molar-refractivity contribution in [1.82, 2.24) is 4.98 Å². The van der Waals surface area contributed by atoms with E-state index in [1.165, 1.54) is 0 Å². The Labute approximate surface area is 146 Å². The van der Waals surface area contributed by atoms with Gasteiger partial charge in [0.05, 0.1) is 30.6 Å². The molecule has 0 saturated carbocycles. The highest BCUT2D eigenvalue weighted by atomic mass is 16.5. The zero-order valence-corrected chi connectivity index (χ0v) is 13.9. The summed E-state index contributed by atoms with van der Waals surface area (Å²) in [6, 6.07) is 5.91. The Morgan fingerprint density at radius 1 is 1.36 bits per heavy atom. The molecule has 2 heterocycles. The van der Waals surface area contributed by atoms with E-state index < -0.39 is 0 Å². The molecule has 1 fully saturated rings. The van der Waals surface area contributed by atoms with E-state index in [1.54, 1.807) is 6.92 Å². The topological polar surface area (TPSA) is 140 Å². The lowest BCUT2D eigenvalue weighted by atomic mass is 9.96. The van der Waals surface area contributed by atoms with Crippen LogP contribution in [0.1, 0.15) is 36.5 Å². The summed E-state index contributed by atoms with van der Waals surface area (Å²) in [6.07, 6.45) is 1.33. The average Bonchev–Trinajstić information content (AvgIpc) is 2.62. The highest BCUT2D eigenvalue weighted by Crippen LogP contribution is 2.31. The van der Waals surface area contributed by atoms with Gasteiger partial charge in [-0.15, -0.1) is 0 Å². The molecule has 0 radical (unpaired) electrons. The first-order chi connectivity index (χ1) is 12.1. The maximum Gasteiger partial charge on any atom is 0.310 e. The molecule has 1 saturated heterocycles. The molecule has 0 aliphatic carbocycles. The van der Waals surface area contributed by atoms with E-state index in [2.05, 4.69) is 4.98 Å². The number of hydrogen-bond acceptors (Lipinski definition) is 8. The summed E-state index contributed by atoms with van der Waals surface area (Å²) in [6.45, 7) is 3.03. The maximum atomic E-state index is 12.0. The summed E-state index contributed by atoms with van der Waals surface area (Å²) in [7, 11) is 0. The zero-order valence-electron chi connectivity index (χ0n) is 13.9. The van der Waals surface area contributed by atoms with Gasteiger partial charge in [0, 0.05) is 18.7 Å². The number of carbonyl (C=O) groups excluding carboxylic acids is 1. The molecule has 25 heavy (non-hydrogen) atoms. The van der Waals surface area contributed by atoms with Crippen molar-refractivity contribution in [2.75, 3.05) is 30.3 Å². The molecule has 0 spiro atoms. The molecule has 8 heteroatoms. The van der Waals surface area contributed by atoms with E-state index in [9.17, 15) is 15.3 Å². The molecule has 1 atom stereocenters. The summed E-state index contributed by atoms with van der Waals surface area (Å²) in [5, 5.41) is 27.8. The Bertz CT molecular complexity index is 799. The minimum Gasteiger partial charge on any atom is -0.466 e. The lowest BCUT2D eigenvalue weighted by molar-refractivity contribution is -0.148. The van der Waals surface area contributed by atoms with Gasteiger partial charge < -0.3 is 15.4 Å². The number of nitrogen functional groups attached to an aromatic ring is 1. The third-order valence-electron chi connectivity index (χ3n) is 4.13. The number of piperidine rings is 1. The highest BCUT2D eigenvalue weighted by Gasteiger charge is 2.30. The van der Waals surface area contributed by atoms with Crippen LogP contribution in [-0.2, 0) is 16.0 Å². The minimum absolute atomic E-state index is 0.0139. The van der Waals surface area contributed by atoms with Gasteiger partial charge >= 0.3 is 5.97 Å². The van der Waals surface area contributed by atoms with E-state index in [4.69, 9.17) is 15.7 Å². The number of esters is 1. The molecule has 1 aliphatic heterocycles. The Kier molecular flexibility index (Phi) is 5.76. The van der Waals surface area contributed by atoms with Crippen molar-refractivity contribution in [3.05, 3.63) is 16.7 Å². The van der Waals surface area contributed by atoms with Gasteiger partial charge in [0.15, 0.2) is 0 Å². The number of nitriles is 3. The van der Waals surface area contributed by atoms with Crippen LogP contribution >= 0.6 is 0 Å². The predicted octanol–water partition coefficient (Wildman–Crippen LogP) is 1.25. The standard InChI is InChI=1S/C17H18N6O2/c1-2-25-17(24)11-4-3-7-23(10-11)16-14(9-20)12(5-6-18)13(8-19)15(21)22-16/h11H,2-5,7,10H2,1H3,(H2,21,22).